The summed E-state index contributed by atoms with van der Waals surface area (Å²) in [5, 5.41) is 3.64. The lowest BCUT2D eigenvalue weighted by Crippen LogP contribution is -2.31. The quantitative estimate of drug-likeness (QED) is 0.824. The number of rotatable bonds is 5. The van der Waals surface area contributed by atoms with Crippen LogP contribution in [0.1, 0.15) is 25.5 Å². The van der Waals surface area contributed by atoms with Crippen molar-refractivity contribution in [2.24, 2.45) is 4.99 Å². The van der Waals surface area contributed by atoms with Crippen molar-refractivity contribution in [2.75, 3.05) is 19.5 Å². The van der Waals surface area contributed by atoms with Gasteiger partial charge in [-0.1, -0.05) is 42.1 Å². The molecule has 0 spiro atoms. The second-order valence-corrected chi connectivity index (χ2v) is 5.96. The predicted molar refractivity (Wildman–Crippen MR) is 93.6 cm³/mol. The van der Waals surface area contributed by atoms with Crippen LogP contribution in [0, 0.1) is 0 Å². The maximum absolute atomic E-state index is 12.3. The molecule has 1 aliphatic heterocycles. The Kier molecular flexibility index (Phi) is 6.43. The Hall–Kier alpha value is -2.28. The Morgan fingerprint density at radius 3 is 2.62 bits per heavy atom. The predicted octanol–water partition coefficient (Wildman–Crippen LogP) is 2.43. The highest BCUT2D eigenvalue weighted by atomic mass is 32.2. The van der Waals surface area contributed by atoms with Crippen LogP contribution in [0.15, 0.2) is 46.6 Å². The van der Waals surface area contributed by atoms with Gasteiger partial charge in [0.25, 0.3) is 0 Å². The van der Waals surface area contributed by atoms with Gasteiger partial charge in [-0.05, 0) is 19.4 Å². The minimum Gasteiger partial charge on any atom is -0.468 e. The number of thioether (sulfide) groups is 1. The molecule has 6 nitrogen and oxygen atoms in total. The van der Waals surface area contributed by atoms with E-state index in [1.165, 1.54) is 18.9 Å². The number of nitrogens with one attached hydrogen (secondary N) is 1. The molecule has 0 unspecified atom stereocenters. The van der Waals surface area contributed by atoms with Gasteiger partial charge < -0.3 is 14.8 Å². The van der Waals surface area contributed by atoms with Crippen LogP contribution < -0.4 is 5.32 Å². The second kappa shape index (κ2) is 8.54. The number of hydrogen-bond acceptors (Lipinski definition) is 7. The Morgan fingerprint density at radius 1 is 1.29 bits per heavy atom. The number of aliphatic imine (C=N–C) groups is 1. The molecule has 0 aliphatic carbocycles. The fourth-order valence-electron chi connectivity index (χ4n) is 2.26. The summed E-state index contributed by atoms with van der Waals surface area (Å²) < 4.78 is 9.81. The van der Waals surface area contributed by atoms with Gasteiger partial charge in [0.2, 0.25) is 0 Å². The van der Waals surface area contributed by atoms with Crippen molar-refractivity contribution in [3.63, 3.8) is 0 Å². The summed E-state index contributed by atoms with van der Waals surface area (Å²) in [6.07, 6.45) is 0. The van der Waals surface area contributed by atoms with Gasteiger partial charge in [0, 0.05) is 5.70 Å². The molecule has 0 saturated heterocycles. The molecule has 1 N–H and O–H groups in total. The summed E-state index contributed by atoms with van der Waals surface area (Å²) in [7, 11) is 1.34. The lowest BCUT2D eigenvalue weighted by atomic mass is 9.97. The number of hydrogen-bond donors (Lipinski definition) is 1. The summed E-state index contributed by atoms with van der Waals surface area (Å²) in [5.41, 5.74) is 2.03. The first-order chi connectivity index (χ1) is 11.6. The Balaban J connectivity index is 2.31. The van der Waals surface area contributed by atoms with Crippen LogP contribution in [0.5, 0.6) is 0 Å². The molecule has 0 radical (unpaired) electrons. The first-order valence-electron chi connectivity index (χ1n) is 7.54. The zero-order valence-electron chi connectivity index (χ0n) is 13.9. The third-order valence-corrected chi connectivity index (χ3v) is 4.24. The molecule has 1 heterocycles. The van der Waals surface area contributed by atoms with Crippen molar-refractivity contribution in [3.8, 4) is 0 Å². The summed E-state index contributed by atoms with van der Waals surface area (Å²) in [6.45, 7) is 3.86. The molecule has 0 bridgehead atoms. The Labute approximate surface area is 145 Å². The van der Waals surface area contributed by atoms with Crippen LogP contribution in [0.3, 0.4) is 0 Å². The standard InChI is InChI=1S/C17H20N2O4S/c1-4-23-16(21)14-11(2)18-17(24-10-13(20)22-3)19-15(14)12-8-6-5-7-9-12/h5-9,15H,4,10H2,1-3H3,(H,18,19)/t15-/m1/s1. The number of allylic oxidation sites excluding steroid dienone is 1. The zero-order chi connectivity index (χ0) is 17.5. The third kappa shape index (κ3) is 4.38. The molecule has 0 fully saturated rings. The van der Waals surface area contributed by atoms with Crippen LogP contribution in [0.25, 0.3) is 0 Å². The van der Waals surface area contributed by atoms with E-state index in [4.69, 9.17) is 4.74 Å². The molecule has 1 aromatic carbocycles. The number of carbonyl (C=O) groups excluding carboxylic acids is 2. The van der Waals surface area contributed by atoms with Crippen LogP contribution in [0.4, 0.5) is 0 Å². The molecule has 0 saturated carbocycles. The van der Waals surface area contributed by atoms with Gasteiger partial charge in [0.05, 0.1) is 25.0 Å². The third-order valence-electron chi connectivity index (χ3n) is 3.38. The molecular formula is C17H20N2O4S. The van der Waals surface area contributed by atoms with E-state index >= 15 is 0 Å². The van der Waals surface area contributed by atoms with Crippen LogP contribution in [0.2, 0.25) is 0 Å². The van der Waals surface area contributed by atoms with Crippen molar-refractivity contribution in [3.05, 3.63) is 47.2 Å². The summed E-state index contributed by atoms with van der Waals surface area (Å²) in [5.74, 6) is -0.581. The number of carbonyl (C=O) groups is 2. The van der Waals surface area contributed by atoms with E-state index in [2.05, 4.69) is 15.0 Å². The lowest BCUT2D eigenvalue weighted by Gasteiger charge is -2.25. The second-order valence-electron chi connectivity index (χ2n) is 5.00. The molecule has 2 rings (SSSR count). The SMILES string of the molecule is CCOC(=O)C1=C(C)NC(SCC(=O)OC)=N[C@@H]1c1ccccc1. The summed E-state index contributed by atoms with van der Waals surface area (Å²) in [6, 6.07) is 9.05. The monoisotopic (exact) mass is 348 g/mol. The number of esters is 2. The van der Waals surface area contributed by atoms with Gasteiger partial charge in [-0.25, -0.2) is 9.79 Å². The number of benzene rings is 1. The van der Waals surface area contributed by atoms with Gasteiger partial charge >= 0.3 is 11.9 Å². The Morgan fingerprint density at radius 2 is 2.00 bits per heavy atom. The van der Waals surface area contributed by atoms with E-state index < -0.39 is 12.0 Å². The maximum atomic E-state index is 12.3. The highest BCUT2D eigenvalue weighted by molar-refractivity contribution is 8.14. The molecule has 0 amide bonds. The number of nitrogens with zero attached hydrogens (tertiary/aromatic N) is 1. The Bertz CT molecular complexity index is 670. The maximum Gasteiger partial charge on any atom is 0.338 e. The highest BCUT2D eigenvalue weighted by Crippen LogP contribution is 2.32. The highest BCUT2D eigenvalue weighted by Gasteiger charge is 2.30. The molecule has 7 heteroatoms. The zero-order valence-corrected chi connectivity index (χ0v) is 14.7. The van der Waals surface area contributed by atoms with E-state index in [-0.39, 0.29) is 11.7 Å². The van der Waals surface area contributed by atoms with Gasteiger partial charge in [-0.2, -0.15) is 0 Å². The van der Waals surface area contributed by atoms with Crippen molar-refractivity contribution in [1.82, 2.24) is 5.32 Å². The van der Waals surface area contributed by atoms with Crippen molar-refractivity contribution in [2.45, 2.75) is 19.9 Å². The fourth-order valence-corrected chi connectivity index (χ4v) is 3.03. The number of ether oxygens (including phenoxy) is 2. The molecule has 1 aliphatic rings. The van der Waals surface area contributed by atoms with Crippen molar-refractivity contribution < 1.29 is 19.1 Å². The molecule has 1 aromatic rings. The van der Waals surface area contributed by atoms with E-state index in [1.807, 2.05) is 30.3 Å². The van der Waals surface area contributed by atoms with Gasteiger partial charge in [0.15, 0.2) is 5.17 Å². The van der Waals surface area contributed by atoms with Gasteiger partial charge in [-0.3, -0.25) is 4.79 Å². The molecule has 1 atom stereocenters. The number of methoxy groups -OCH3 is 1. The average molecular weight is 348 g/mol. The van der Waals surface area contributed by atoms with E-state index in [1.54, 1.807) is 13.8 Å². The van der Waals surface area contributed by atoms with Gasteiger partial charge in [-0.15, -0.1) is 0 Å². The molecule has 24 heavy (non-hydrogen) atoms. The normalized spacial score (nSPS) is 17.0. The lowest BCUT2D eigenvalue weighted by molar-refractivity contribution is -0.139. The molecular weight excluding hydrogens is 328 g/mol. The van der Waals surface area contributed by atoms with Crippen LogP contribution in [-0.2, 0) is 19.1 Å². The summed E-state index contributed by atoms with van der Waals surface area (Å²) in [4.78, 5) is 28.3. The number of amidine groups is 1. The van der Waals surface area contributed by atoms with Crippen molar-refractivity contribution >= 4 is 28.9 Å². The fraction of sp³-hybridized carbons (Fsp3) is 0.353. The first kappa shape index (κ1) is 18.1. The van der Waals surface area contributed by atoms with E-state index in [9.17, 15) is 9.59 Å². The van der Waals surface area contributed by atoms with E-state index in [0.29, 0.717) is 23.0 Å². The molecule has 128 valence electrons. The van der Waals surface area contributed by atoms with Crippen molar-refractivity contribution in [1.29, 1.82) is 0 Å². The summed E-state index contributed by atoms with van der Waals surface area (Å²) >= 11 is 1.24. The largest absolute Gasteiger partial charge is 0.468 e. The van der Waals surface area contributed by atoms with Gasteiger partial charge in [0.1, 0.15) is 6.04 Å². The smallest absolute Gasteiger partial charge is 0.338 e. The minimum atomic E-state index is -0.466. The minimum absolute atomic E-state index is 0.145. The van der Waals surface area contributed by atoms with E-state index in [0.717, 1.165) is 5.56 Å². The first-order valence-corrected chi connectivity index (χ1v) is 8.52. The topological polar surface area (TPSA) is 77.0 Å². The average Bonchev–Trinajstić information content (AvgIpc) is 2.60. The molecule has 0 aromatic heterocycles. The van der Waals surface area contributed by atoms with Crippen LogP contribution >= 0.6 is 11.8 Å². The van der Waals surface area contributed by atoms with Crippen LogP contribution in [-0.4, -0.2) is 36.6 Å².